The molecule has 0 bridgehead atoms. The van der Waals surface area contributed by atoms with E-state index in [2.05, 4.69) is 35.9 Å². The first-order valence-electron chi connectivity index (χ1n) is 11.4. The van der Waals surface area contributed by atoms with E-state index in [1.165, 1.54) is 0 Å². The summed E-state index contributed by atoms with van der Waals surface area (Å²) in [5.74, 6) is 1.15. The molecule has 1 fully saturated rings. The Hall–Kier alpha value is -3.21. The number of nitrogens with zero attached hydrogens (tertiary/aromatic N) is 4. The summed E-state index contributed by atoms with van der Waals surface area (Å²) in [6, 6.07) is 24.2. The van der Waals surface area contributed by atoms with Crippen molar-refractivity contribution in [1.82, 2.24) is 10.2 Å². The quantitative estimate of drug-likeness (QED) is 0.543. The molecule has 0 aliphatic carbocycles. The maximum absolute atomic E-state index is 13.5. The zero-order valence-corrected chi connectivity index (χ0v) is 19.2. The first-order chi connectivity index (χ1) is 15.4. The molecule has 0 saturated carbocycles. The number of hydrogen-bond acceptors (Lipinski definition) is 4. The van der Waals surface area contributed by atoms with Gasteiger partial charge in [0.15, 0.2) is 5.82 Å². The lowest BCUT2D eigenvalue weighted by Gasteiger charge is -2.36. The molecule has 2 aromatic carbocycles. The van der Waals surface area contributed by atoms with Crippen LogP contribution in [0, 0.1) is 11.3 Å². The summed E-state index contributed by atoms with van der Waals surface area (Å²) in [7, 11) is 0. The topological polar surface area (TPSA) is 49.3 Å². The summed E-state index contributed by atoms with van der Waals surface area (Å²) >= 11 is 0. The standard InChI is InChI=1S/C27H32N4O/c1-27(2,3)20-31(23-12-8-5-9-13-23)26(32)22-16-18-30(19-17-22)25-15-14-24(28-29-25)21-10-6-4-7-11-21/h4-15,22H,16-20H2,1-3H3. The maximum Gasteiger partial charge on any atom is 0.230 e. The van der Waals surface area contributed by atoms with Crippen LogP contribution >= 0.6 is 0 Å². The van der Waals surface area contributed by atoms with Gasteiger partial charge in [-0.3, -0.25) is 4.79 Å². The highest BCUT2D eigenvalue weighted by Gasteiger charge is 2.31. The molecule has 1 aliphatic heterocycles. The van der Waals surface area contributed by atoms with Crippen molar-refractivity contribution in [3.8, 4) is 11.3 Å². The first-order valence-corrected chi connectivity index (χ1v) is 11.4. The van der Waals surface area contributed by atoms with E-state index in [0.29, 0.717) is 6.54 Å². The Balaban J connectivity index is 1.41. The lowest BCUT2D eigenvalue weighted by atomic mass is 9.91. The van der Waals surface area contributed by atoms with Gasteiger partial charge in [0.1, 0.15) is 0 Å². The van der Waals surface area contributed by atoms with Gasteiger partial charge in [0.05, 0.1) is 5.69 Å². The van der Waals surface area contributed by atoms with Gasteiger partial charge in [-0.05, 0) is 42.5 Å². The molecule has 0 unspecified atom stereocenters. The zero-order valence-electron chi connectivity index (χ0n) is 19.2. The number of para-hydroxylation sites is 1. The third kappa shape index (κ3) is 5.34. The van der Waals surface area contributed by atoms with Crippen LogP contribution in [-0.2, 0) is 4.79 Å². The van der Waals surface area contributed by atoms with Crippen LogP contribution in [0.15, 0.2) is 72.8 Å². The minimum atomic E-state index is 0.0301. The van der Waals surface area contributed by atoms with E-state index in [0.717, 1.165) is 48.7 Å². The number of rotatable bonds is 5. The highest BCUT2D eigenvalue weighted by atomic mass is 16.2. The fraction of sp³-hybridized carbons (Fsp3) is 0.370. The fourth-order valence-corrected chi connectivity index (χ4v) is 4.21. The molecular weight excluding hydrogens is 396 g/mol. The molecule has 0 N–H and O–H groups in total. The van der Waals surface area contributed by atoms with Crippen molar-refractivity contribution in [1.29, 1.82) is 0 Å². The normalized spacial score (nSPS) is 14.9. The second-order valence-corrected chi connectivity index (χ2v) is 9.72. The van der Waals surface area contributed by atoms with Crippen LogP contribution in [0.4, 0.5) is 11.5 Å². The van der Waals surface area contributed by atoms with E-state index >= 15 is 0 Å². The average molecular weight is 429 g/mol. The molecular formula is C27H32N4O. The smallest absolute Gasteiger partial charge is 0.230 e. The van der Waals surface area contributed by atoms with Crippen molar-refractivity contribution in [2.45, 2.75) is 33.6 Å². The number of aromatic nitrogens is 2. The van der Waals surface area contributed by atoms with Crippen molar-refractivity contribution in [3.05, 3.63) is 72.8 Å². The lowest BCUT2D eigenvalue weighted by Crippen LogP contribution is -2.45. The summed E-state index contributed by atoms with van der Waals surface area (Å²) in [4.78, 5) is 17.7. The van der Waals surface area contributed by atoms with E-state index in [1.807, 2.05) is 77.7 Å². The van der Waals surface area contributed by atoms with Gasteiger partial charge in [0.2, 0.25) is 5.91 Å². The predicted octanol–water partition coefficient (Wildman–Crippen LogP) is 5.44. The van der Waals surface area contributed by atoms with Crippen LogP contribution in [0.25, 0.3) is 11.3 Å². The van der Waals surface area contributed by atoms with Crippen LogP contribution in [0.2, 0.25) is 0 Å². The molecule has 4 rings (SSSR count). The number of benzene rings is 2. The summed E-state index contributed by atoms with van der Waals surface area (Å²) in [6.07, 6.45) is 1.66. The van der Waals surface area contributed by atoms with Crippen LogP contribution < -0.4 is 9.80 Å². The SMILES string of the molecule is CC(C)(C)CN(C(=O)C1CCN(c2ccc(-c3ccccc3)nn2)CC1)c1ccccc1. The van der Waals surface area contributed by atoms with Crippen molar-refractivity contribution in [2.24, 2.45) is 11.3 Å². The van der Waals surface area contributed by atoms with Crippen molar-refractivity contribution >= 4 is 17.4 Å². The molecule has 1 saturated heterocycles. The van der Waals surface area contributed by atoms with Crippen molar-refractivity contribution in [3.63, 3.8) is 0 Å². The second-order valence-electron chi connectivity index (χ2n) is 9.72. The predicted molar refractivity (Wildman–Crippen MR) is 131 cm³/mol. The lowest BCUT2D eigenvalue weighted by molar-refractivity contribution is -0.123. The van der Waals surface area contributed by atoms with E-state index in [4.69, 9.17) is 0 Å². The first kappa shape index (κ1) is 22.0. The number of amides is 1. The van der Waals surface area contributed by atoms with Gasteiger partial charge in [0.25, 0.3) is 0 Å². The molecule has 3 aromatic rings. The molecule has 0 spiro atoms. The minimum Gasteiger partial charge on any atom is -0.355 e. The summed E-state index contributed by atoms with van der Waals surface area (Å²) < 4.78 is 0. The Morgan fingerprint density at radius 3 is 2.09 bits per heavy atom. The third-order valence-corrected chi connectivity index (χ3v) is 5.85. The van der Waals surface area contributed by atoms with Gasteiger partial charge in [-0.1, -0.05) is 69.3 Å². The number of hydrogen-bond donors (Lipinski definition) is 0. The van der Waals surface area contributed by atoms with E-state index in [-0.39, 0.29) is 17.2 Å². The summed E-state index contributed by atoms with van der Waals surface area (Å²) in [6.45, 7) is 8.87. The maximum atomic E-state index is 13.5. The molecule has 0 radical (unpaired) electrons. The highest BCUT2D eigenvalue weighted by molar-refractivity contribution is 5.95. The molecule has 32 heavy (non-hydrogen) atoms. The monoisotopic (exact) mass is 428 g/mol. The Kier molecular flexibility index (Phi) is 6.54. The molecule has 1 aromatic heterocycles. The van der Waals surface area contributed by atoms with Crippen molar-refractivity contribution in [2.75, 3.05) is 29.4 Å². The molecule has 5 heteroatoms. The van der Waals surface area contributed by atoms with Crippen LogP contribution in [0.1, 0.15) is 33.6 Å². The third-order valence-electron chi connectivity index (χ3n) is 5.85. The molecule has 0 atom stereocenters. The number of anilines is 2. The molecule has 2 heterocycles. The fourth-order valence-electron chi connectivity index (χ4n) is 4.21. The summed E-state index contributed by atoms with van der Waals surface area (Å²) in [5, 5.41) is 8.88. The van der Waals surface area contributed by atoms with E-state index < -0.39 is 0 Å². The van der Waals surface area contributed by atoms with Crippen molar-refractivity contribution < 1.29 is 4.79 Å². The van der Waals surface area contributed by atoms with Gasteiger partial charge in [0, 0.05) is 36.8 Å². The van der Waals surface area contributed by atoms with E-state index in [9.17, 15) is 4.79 Å². The zero-order chi connectivity index (χ0) is 22.6. The van der Waals surface area contributed by atoms with Gasteiger partial charge in [-0.2, -0.15) is 0 Å². The Morgan fingerprint density at radius 2 is 1.53 bits per heavy atom. The van der Waals surface area contributed by atoms with Gasteiger partial charge in [-0.25, -0.2) is 0 Å². The minimum absolute atomic E-state index is 0.0301. The van der Waals surface area contributed by atoms with E-state index in [1.54, 1.807) is 0 Å². The van der Waals surface area contributed by atoms with Crippen LogP contribution in [0.3, 0.4) is 0 Å². The van der Waals surface area contributed by atoms with Gasteiger partial charge >= 0.3 is 0 Å². The second kappa shape index (κ2) is 9.51. The Labute approximate surface area is 191 Å². The summed E-state index contributed by atoms with van der Waals surface area (Å²) in [5.41, 5.74) is 2.95. The van der Waals surface area contributed by atoms with Gasteiger partial charge < -0.3 is 9.80 Å². The van der Waals surface area contributed by atoms with Crippen LogP contribution in [-0.4, -0.2) is 35.7 Å². The largest absolute Gasteiger partial charge is 0.355 e. The molecule has 1 aliphatic rings. The average Bonchev–Trinajstić information content (AvgIpc) is 2.83. The molecule has 166 valence electrons. The highest BCUT2D eigenvalue weighted by Crippen LogP contribution is 2.28. The van der Waals surface area contributed by atoms with Gasteiger partial charge in [-0.15, -0.1) is 10.2 Å². The Morgan fingerprint density at radius 1 is 0.906 bits per heavy atom. The van der Waals surface area contributed by atoms with Crippen LogP contribution in [0.5, 0.6) is 0 Å². The molecule has 1 amide bonds. The number of piperidine rings is 1. The number of carbonyl (C=O) groups is 1. The Bertz CT molecular complexity index is 1010. The number of carbonyl (C=O) groups excluding carboxylic acids is 1. The molecule has 5 nitrogen and oxygen atoms in total.